The summed E-state index contributed by atoms with van der Waals surface area (Å²) in [6.45, 7) is 5.52. The molecule has 2 unspecified atom stereocenters. The first-order valence-corrected chi connectivity index (χ1v) is 7.15. The molecule has 3 rings (SSSR count). The van der Waals surface area contributed by atoms with Gasteiger partial charge in [0.15, 0.2) is 0 Å². The number of nitrogens with two attached hydrogens (primary N) is 1. The summed E-state index contributed by atoms with van der Waals surface area (Å²) in [6, 6.07) is 7.51. The molecule has 1 aliphatic heterocycles. The Morgan fingerprint density at radius 3 is 2.90 bits per heavy atom. The number of carbonyl (C=O) groups is 1. The van der Waals surface area contributed by atoms with Crippen molar-refractivity contribution >= 4 is 22.9 Å². The third-order valence-corrected chi connectivity index (χ3v) is 4.23. The zero-order valence-electron chi connectivity index (χ0n) is 11.9. The highest BCUT2D eigenvalue weighted by molar-refractivity contribution is 5.98. The molecule has 1 aliphatic rings. The fourth-order valence-electron chi connectivity index (χ4n) is 2.68. The van der Waals surface area contributed by atoms with Crippen molar-refractivity contribution in [2.45, 2.75) is 32.9 Å². The van der Waals surface area contributed by atoms with E-state index in [1.807, 2.05) is 31.2 Å². The normalized spacial score (nSPS) is 17.2. The topological polar surface area (TPSA) is 64.2 Å². The van der Waals surface area contributed by atoms with E-state index in [1.54, 1.807) is 4.90 Å². The number of imidazole rings is 1. The number of anilines is 1. The highest BCUT2D eigenvalue weighted by atomic mass is 16.2. The molecule has 5 nitrogen and oxygen atoms in total. The Morgan fingerprint density at radius 2 is 2.15 bits per heavy atom. The van der Waals surface area contributed by atoms with Gasteiger partial charge in [0.1, 0.15) is 0 Å². The molecule has 0 radical (unpaired) electrons. The quantitative estimate of drug-likeness (QED) is 0.926. The van der Waals surface area contributed by atoms with Crippen molar-refractivity contribution in [1.82, 2.24) is 9.55 Å². The molecular formula is C15H20N4O. The van der Waals surface area contributed by atoms with Crippen molar-refractivity contribution in [3.05, 3.63) is 24.3 Å². The SMILES string of the molecule is CCC(C)C(N)C(=O)N1CCn2c1nc1ccccc12. The Balaban J connectivity index is 1.95. The average molecular weight is 272 g/mol. The van der Waals surface area contributed by atoms with Crippen LogP contribution in [0.2, 0.25) is 0 Å². The largest absolute Gasteiger partial charge is 0.320 e. The molecule has 2 heterocycles. The monoisotopic (exact) mass is 272 g/mol. The number of fused-ring (bicyclic) bond motifs is 3. The van der Waals surface area contributed by atoms with E-state index in [9.17, 15) is 4.79 Å². The number of hydrogen-bond donors (Lipinski definition) is 1. The molecule has 2 aromatic rings. The van der Waals surface area contributed by atoms with Gasteiger partial charge in [-0.15, -0.1) is 0 Å². The Kier molecular flexibility index (Phi) is 3.22. The van der Waals surface area contributed by atoms with Crippen LogP contribution >= 0.6 is 0 Å². The summed E-state index contributed by atoms with van der Waals surface area (Å²) >= 11 is 0. The summed E-state index contributed by atoms with van der Waals surface area (Å²) in [5, 5.41) is 0. The van der Waals surface area contributed by atoms with E-state index >= 15 is 0 Å². The molecule has 0 aliphatic carbocycles. The van der Waals surface area contributed by atoms with Crippen LogP contribution in [0.25, 0.3) is 11.0 Å². The van der Waals surface area contributed by atoms with E-state index in [4.69, 9.17) is 5.73 Å². The lowest BCUT2D eigenvalue weighted by Gasteiger charge is -2.22. The number of nitrogens with zero attached hydrogens (tertiary/aromatic N) is 3. The molecule has 0 bridgehead atoms. The van der Waals surface area contributed by atoms with E-state index in [1.165, 1.54) is 0 Å². The van der Waals surface area contributed by atoms with Crippen molar-refractivity contribution in [3.8, 4) is 0 Å². The Morgan fingerprint density at radius 1 is 1.40 bits per heavy atom. The maximum absolute atomic E-state index is 12.5. The third-order valence-electron chi connectivity index (χ3n) is 4.23. The summed E-state index contributed by atoms with van der Waals surface area (Å²) in [4.78, 5) is 18.8. The first-order valence-electron chi connectivity index (χ1n) is 7.15. The van der Waals surface area contributed by atoms with Gasteiger partial charge in [0, 0.05) is 13.1 Å². The fourth-order valence-corrected chi connectivity index (χ4v) is 2.68. The van der Waals surface area contributed by atoms with E-state index in [0.717, 1.165) is 29.9 Å². The fraction of sp³-hybridized carbons (Fsp3) is 0.467. The molecule has 2 atom stereocenters. The minimum Gasteiger partial charge on any atom is -0.320 e. The van der Waals surface area contributed by atoms with Crippen molar-refractivity contribution < 1.29 is 4.79 Å². The van der Waals surface area contributed by atoms with Crippen LogP contribution in [-0.2, 0) is 11.3 Å². The van der Waals surface area contributed by atoms with E-state index in [-0.39, 0.29) is 11.8 Å². The van der Waals surface area contributed by atoms with Crippen molar-refractivity contribution in [1.29, 1.82) is 0 Å². The first kappa shape index (κ1) is 13.1. The number of rotatable bonds is 3. The summed E-state index contributed by atoms with van der Waals surface area (Å²) in [6.07, 6.45) is 0.900. The maximum Gasteiger partial charge on any atom is 0.246 e. The zero-order valence-corrected chi connectivity index (χ0v) is 11.9. The number of benzene rings is 1. The van der Waals surface area contributed by atoms with Crippen LogP contribution in [0, 0.1) is 5.92 Å². The molecule has 1 aromatic heterocycles. The molecule has 0 spiro atoms. The maximum atomic E-state index is 12.5. The van der Waals surface area contributed by atoms with Gasteiger partial charge < -0.3 is 10.3 Å². The lowest BCUT2D eigenvalue weighted by Crippen LogP contribution is -2.46. The number of para-hydroxylation sites is 2. The van der Waals surface area contributed by atoms with Gasteiger partial charge in [-0.1, -0.05) is 32.4 Å². The molecule has 0 fully saturated rings. The van der Waals surface area contributed by atoms with Crippen LogP contribution in [0.5, 0.6) is 0 Å². The van der Waals surface area contributed by atoms with Crippen LogP contribution in [0.15, 0.2) is 24.3 Å². The zero-order chi connectivity index (χ0) is 14.3. The number of aromatic nitrogens is 2. The van der Waals surface area contributed by atoms with Crippen LogP contribution < -0.4 is 10.6 Å². The second kappa shape index (κ2) is 4.90. The number of hydrogen-bond acceptors (Lipinski definition) is 3. The van der Waals surface area contributed by atoms with Crippen molar-refractivity contribution in [2.24, 2.45) is 11.7 Å². The molecule has 106 valence electrons. The van der Waals surface area contributed by atoms with Gasteiger partial charge in [0.25, 0.3) is 0 Å². The van der Waals surface area contributed by atoms with Gasteiger partial charge in [-0.05, 0) is 18.1 Å². The number of carbonyl (C=O) groups excluding carboxylic acids is 1. The van der Waals surface area contributed by atoms with Crippen molar-refractivity contribution in [2.75, 3.05) is 11.4 Å². The molecule has 20 heavy (non-hydrogen) atoms. The first-order chi connectivity index (χ1) is 9.63. The lowest BCUT2D eigenvalue weighted by atomic mass is 9.99. The van der Waals surface area contributed by atoms with Crippen LogP contribution in [-0.4, -0.2) is 28.0 Å². The molecule has 5 heteroatoms. The molecular weight excluding hydrogens is 252 g/mol. The van der Waals surface area contributed by atoms with Crippen LogP contribution in [0.3, 0.4) is 0 Å². The molecule has 1 aromatic carbocycles. The molecule has 1 amide bonds. The average Bonchev–Trinajstić information content (AvgIpc) is 3.03. The van der Waals surface area contributed by atoms with Gasteiger partial charge in [-0.3, -0.25) is 9.69 Å². The second-order valence-corrected chi connectivity index (χ2v) is 5.45. The summed E-state index contributed by atoms with van der Waals surface area (Å²) < 4.78 is 2.09. The third kappa shape index (κ3) is 1.89. The minimum atomic E-state index is -0.452. The standard InChI is InChI=1S/C15H20N4O/c1-3-10(2)13(16)14(20)19-9-8-18-12-7-5-4-6-11(12)17-15(18)19/h4-7,10,13H,3,8-9,16H2,1-2H3. The Hall–Kier alpha value is -1.88. The number of amides is 1. The molecule has 2 N–H and O–H groups in total. The van der Waals surface area contributed by atoms with Gasteiger partial charge in [0.2, 0.25) is 11.9 Å². The predicted molar refractivity (Wildman–Crippen MR) is 79.5 cm³/mol. The van der Waals surface area contributed by atoms with E-state index < -0.39 is 6.04 Å². The highest BCUT2D eigenvalue weighted by Crippen LogP contribution is 2.28. The molecule has 0 saturated heterocycles. The van der Waals surface area contributed by atoms with Crippen molar-refractivity contribution in [3.63, 3.8) is 0 Å². The summed E-state index contributed by atoms with van der Waals surface area (Å²) in [5.41, 5.74) is 8.08. The minimum absolute atomic E-state index is 0.0200. The second-order valence-electron chi connectivity index (χ2n) is 5.45. The summed E-state index contributed by atoms with van der Waals surface area (Å²) in [7, 11) is 0. The van der Waals surface area contributed by atoms with Gasteiger partial charge in [-0.2, -0.15) is 0 Å². The van der Waals surface area contributed by atoms with Gasteiger partial charge in [0.05, 0.1) is 17.1 Å². The van der Waals surface area contributed by atoms with Crippen LogP contribution in [0.4, 0.5) is 5.95 Å². The summed E-state index contributed by atoms with van der Waals surface area (Å²) in [5.74, 6) is 0.893. The van der Waals surface area contributed by atoms with E-state index in [2.05, 4.69) is 16.5 Å². The molecule has 0 saturated carbocycles. The van der Waals surface area contributed by atoms with Gasteiger partial charge >= 0.3 is 0 Å². The highest BCUT2D eigenvalue weighted by Gasteiger charge is 2.32. The Bertz CT molecular complexity index is 648. The van der Waals surface area contributed by atoms with Crippen LogP contribution in [0.1, 0.15) is 20.3 Å². The van der Waals surface area contributed by atoms with Gasteiger partial charge in [-0.25, -0.2) is 4.98 Å². The smallest absolute Gasteiger partial charge is 0.246 e. The predicted octanol–water partition coefficient (Wildman–Crippen LogP) is 1.76. The Labute approximate surface area is 118 Å². The van der Waals surface area contributed by atoms with E-state index in [0.29, 0.717) is 6.54 Å². The lowest BCUT2D eigenvalue weighted by molar-refractivity contribution is -0.120.